The molecule has 2 rings (SSSR count). The second-order valence-electron chi connectivity index (χ2n) is 5.23. The molecule has 4 nitrogen and oxygen atoms in total. The van der Waals surface area contributed by atoms with E-state index in [0.29, 0.717) is 12.1 Å². The number of rotatable bonds is 3. The second kappa shape index (κ2) is 5.83. The van der Waals surface area contributed by atoms with Crippen LogP contribution in [0.5, 0.6) is 0 Å². The van der Waals surface area contributed by atoms with Crippen molar-refractivity contribution in [1.82, 2.24) is 4.90 Å². The van der Waals surface area contributed by atoms with Gasteiger partial charge >= 0.3 is 5.97 Å². The van der Waals surface area contributed by atoms with Gasteiger partial charge in [0.25, 0.3) is 0 Å². The van der Waals surface area contributed by atoms with Crippen molar-refractivity contribution in [3.63, 3.8) is 0 Å². The van der Waals surface area contributed by atoms with Crippen LogP contribution >= 0.6 is 0 Å². The van der Waals surface area contributed by atoms with E-state index in [-0.39, 0.29) is 5.92 Å². The highest BCUT2D eigenvalue weighted by Crippen LogP contribution is 2.26. The summed E-state index contributed by atoms with van der Waals surface area (Å²) < 4.78 is 5.69. The zero-order valence-electron chi connectivity index (χ0n) is 10.6. The Morgan fingerprint density at radius 3 is 2.65 bits per heavy atom. The van der Waals surface area contributed by atoms with Crippen LogP contribution in [0, 0.1) is 5.92 Å². The first-order valence-corrected chi connectivity index (χ1v) is 6.79. The summed E-state index contributed by atoms with van der Waals surface area (Å²) in [6.45, 7) is 4.92. The van der Waals surface area contributed by atoms with Crippen molar-refractivity contribution in [2.75, 3.05) is 19.7 Å². The molecule has 0 aliphatic carbocycles. The molecule has 2 heterocycles. The van der Waals surface area contributed by atoms with Gasteiger partial charge in [0.15, 0.2) is 0 Å². The third-order valence-corrected chi connectivity index (χ3v) is 4.19. The van der Waals surface area contributed by atoms with Crippen molar-refractivity contribution in [3.8, 4) is 0 Å². The maximum absolute atomic E-state index is 10.9. The van der Waals surface area contributed by atoms with Crippen molar-refractivity contribution in [1.29, 1.82) is 0 Å². The molecule has 98 valence electrons. The number of aliphatic carboxylic acids is 1. The maximum atomic E-state index is 10.9. The Bertz CT molecular complexity index is 261. The lowest BCUT2D eigenvalue weighted by molar-refractivity contribution is -0.143. The zero-order valence-corrected chi connectivity index (χ0v) is 10.6. The van der Waals surface area contributed by atoms with E-state index in [1.807, 2.05) is 0 Å². The number of carboxylic acids is 1. The number of hydrogen-bond donors (Lipinski definition) is 1. The van der Waals surface area contributed by atoms with Crippen LogP contribution < -0.4 is 0 Å². The third kappa shape index (κ3) is 3.19. The fourth-order valence-electron chi connectivity index (χ4n) is 2.99. The van der Waals surface area contributed by atoms with E-state index in [0.717, 1.165) is 51.8 Å². The van der Waals surface area contributed by atoms with Gasteiger partial charge in [-0.05, 0) is 45.2 Å². The van der Waals surface area contributed by atoms with Gasteiger partial charge in [0.2, 0.25) is 0 Å². The Morgan fingerprint density at radius 2 is 2.06 bits per heavy atom. The molecule has 0 spiro atoms. The molecule has 2 atom stereocenters. The van der Waals surface area contributed by atoms with Crippen LogP contribution in [-0.2, 0) is 9.53 Å². The first kappa shape index (κ1) is 12.8. The highest BCUT2D eigenvalue weighted by Gasteiger charge is 2.31. The topological polar surface area (TPSA) is 49.8 Å². The predicted molar refractivity (Wildman–Crippen MR) is 65.0 cm³/mol. The van der Waals surface area contributed by atoms with Crippen molar-refractivity contribution in [2.45, 2.75) is 51.2 Å². The molecule has 17 heavy (non-hydrogen) atoms. The molecule has 0 saturated carbocycles. The highest BCUT2D eigenvalue weighted by atomic mass is 16.5. The molecule has 2 aliphatic heterocycles. The zero-order chi connectivity index (χ0) is 12.3. The lowest BCUT2D eigenvalue weighted by atomic mass is 9.93. The summed E-state index contributed by atoms with van der Waals surface area (Å²) in [5.74, 6) is -0.740. The molecule has 0 aromatic rings. The summed E-state index contributed by atoms with van der Waals surface area (Å²) in [6, 6.07) is 0.614. The van der Waals surface area contributed by atoms with Gasteiger partial charge in [-0.25, -0.2) is 0 Å². The summed E-state index contributed by atoms with van der Waals surface area (Å²) in [4.78, 5) is 13.4. The van der Waals surface area contributed by atoms with Crippen LogP contribution in [0.3, 0.4) is 0 Å². The summed E-state index contributed by atoms with van der Waals surface area (Å²) in [5, 5.41) is 8.98. The van der Waals surface area contributed by atoms with Crippen molar-refractivity contribution in [3.05, 3.63) is 0 Å². The predicted octanol–water partition coefficient (Wildman–Crippen LogP) is 1.74. The minimum atomic E-state index is -0.622. The number of hydrogen-bond acceptors (Lipinski definition) is 3. The van der Waals surface area contributed by atoms with Crippen LogP contribution in [0.1, 0.15) is 39.0 Å². The fourth-order valence-corrected chi connectivity index (χ4v) is 2.99. The molecule has 2 fully saturated rings. The highest BCUT2D eigenvalue weighted by molar-refractivity contribution is 5.70. The van der Waals surface area contributed by atoms with Gasteiger partial charge in [0, 0.05) is 12.6 Å². The van der Waals surface area contributed by atoms with Gasteiger partial charge in [-0.3, -0.25) is 4.79 Å². The van der Waals surface area contributed by atoms with Gasteiger partial charge in [0.05, 0.1) is 12.0 Å². The molecule has 2 saturated heterocycles. The molecule has 0 aromatic carbocycles. The fraction of sp³-hybridized carbons (Fsp3) is 0.923. The van der Waals surface area contributed by atoms with E-state index in [9.17, 15) is 4.79 Å². The van der Waals surface area contributed by atoms with Crippen LogP contribution in [0.2, 0.25) is 0 Å². The van der Waals surface area contributed by atoms with Gasteiger partial charge < -0.3 is 14.7 Å². The van der Waals surface area contributed by atoms with Crippen molar-refractivity contribution in [2.24, 2.45) is 5.92 Å². The van der Waals surface area contributed by atoms with Gasteiger partial charge in [-0.1, -0.05) is 6.92 Å². The number of nitrogens with zero attached hydrogens (tertiary/aromatic N) is 1. The second-order valence-corrected chi connectivity index (χ2v) is 5.23. The average Bonchev–Trinajstić information content (AvgIpc) is 2.39. The van der Waals surface area contributed by atoms with E-state index in [1.54, 1.807) is 0 Å². The molecule has 2 aliphatic rings. The van der Waals surface area contributed by atoms with E-state index in [2.05, 4.69) is 11.8 Å². The number of carbonyl (C=O) groups is 1. The Kier molecular flexibility index (Phi) is 4.40. The largest absolute Gasteiger partial charge is 0.481 e. The number of ether oxygens (including phenoxy) is 1. The summed E-state index contributed by atoms with van der Waals surface area (Å²) in [6.07, 6.45) is 5.34. The Morgan fingerprint density at radius 1 is 1.35 bits per heavy atom. The van der Waals surface area contributed by atoms with Crippen LogP contribution in [-0.4, -0.2) is 47.8 Å². The van der Waals surface area contributed by atoms with Gasteiger partial charge in [0.1, 0.15) is 0 Å². The van der Waals surface area contributed by atoms with E-state index in [1.165, 1.54) is 0 Å². The molecule has 0 radical (unpaired) electrons. The first-order chi connectivity index (χ1) is 8.20. The van der Waals surface area contributed by atoms with Crippen molar-refractivity contribution < 1.29 is 14.6 Å². The maximum Gasteiger partial charge on any atom is 0.306 e. The quantitative estimate of drug-likeness (QED) is 0.817. The Hall–Kier alpha value is -0.610. The Balaban J connectivity index is 1.81. The minimum absolute atomic E-state index is 0.118. The normalized spacial score (nSPS) is 32.5. The number of carboxylic acid groups (broad SMARTS) is 1. The Labute approximate surface area is 103 Å². The van der Waals surface area contributed by atoms with Crippen molar-refractivity contribution >= 4 is 5.97 Å². The third-order valence-electron chi connectivity index (χ3n) is 4.19. The first-order valence-electron chi connectivity index (χ1n) is 6.79. The van der Waals surface area contributed by atoms with Crippen LogP contribution in [0.25, 0.3) is 0 Å². The lowest BCUT2D eigenvalue weighted by Gasteiger charge is -2.40. The van der Waals surface area contributed by atoms with E-state index < -0.39 is 5.97 Å². The van der Waals surface area contributed by atoms with E-state index in [4.69, 9.17) is 9.84 Å². The van der Waals surface area contributed by atoms with E-state index >= 15 is 0 Å². The summed E-state index contributed by atoms with van der Waals surface area (Å²) in [7, 11) is 0. The molecular formula is C13H23NO3. The van der Waals surface area contributed by atoms with Crippen LogP contribution in [0.15, 0.2) is 0 Å². The average molecular weight is 241 g/mol. The minimum Gasteiger partial charge on any atom is -0.481 e. The molecule has 0 amide bonds. The number of piperidine rings is 1. The summed E-state index contributed by atoms with van der Waals surface area (Å²) in [5.41, 5.74) is 0. The SMILES string of the molecule is CCC1CC(N2CCC(C(=O)O)CC2)CCO1. The van der Waals surface area contributed by atoms with Crippen LogP contribution in [0.4, 0.5) is 0 Å². The molecule has 1 N–H and O–H groups in total. The summed E-state index contributed by atoms with van der Waals surface area (Å²) >= 11 is 0. The standard InChI is InChI=1S/C13H23NO3/c1-2-12-9-11(5-8-17-12)14-6-3-10(4-7-14)13(15)16/h10-12H,2-9H2,1H3,(H,15,16). The molecular weight excluding hydrogens is 218 g/mol. The molecule has 0 aromatic heterocycles. The smallest absolute Gasteiger partial charge is 0.306 e. The monoisotopic (exact) mass is 241 g/mol. The molecule has 4 heteroatoms. The van der Waals surface area contributed by atoms with Gasteiger partial charge in [-0.15, -0.1) is 0 Å². The van der Waals surface area contributed by atoms with Gasteiger partial charge in [-0.2, -0.15) is 0 Å². The molecule has 2 unspecified atom stereocenters. The number of likely N-dealkylation sites (tertiary alicyclic amines) is 1. The lowest BCUT2D eigenvalue weighted by Crippen LogP contribution is -2.46. The molecule has 0 bridgehead atoms.